The summed E-state index contributed by atoms with van der Waals surface area (Å²) < 4.78 is 15.5. The molecule has 0 bridgehead atoms. The Morgan fingerprint density at radius 1 is 1.23 bits per heavy atom. The minimum absolute atomic E-state index is 0.249. The van der Waals surface area contributed by atoms with Crippen molar-refractivity contribution in [3.05, 3.63) is 60.2 Å². The molecule has 0 unspecified atom stereocenters. The van der Waals surface area contributed by atoms with Crippen LogP contribution in [0, 0.1) is 11.3 Å². The SMILES string of the molecule is N#Cc1cc(-c2nc(COC3CCNCC3)no2)ccn1.O=COc1ccccc1. The van der Waals surface area contributed by atoms with Crippen LogP contribution in [0.5, 0.6) is 5.75 Å². The van der Waals surface area contributed by atoms with Gasteiger partial charge in [-0.3, -0.25) is 4.79 Å². The number of rotatable bonds is 6. The number of hydrogen-bond acceptors (Lipinski definition) is 9. The highest BCUT2D eigenvalue weighted by Gasteiger charge is 2.15. The second kappa shape index (κ2) is 11.4. The summed E-state index contributed by atoms with van der Waals surface area (Å²) in [6.45, 7) is 2.71. The van der Waals surface area contributed by atoms with Crippen molar-refractivity contribution in [2.75, 3.05) is 13.1 Å². The summed E-state index contributed by atoms with van der Waals surface area (Å²) in [5, 5.41) is 16.0. The van der Waals surface area contributed by atoms with Crippen molar-refractivity contribution in [3.8, 4) is 23.3 Å². The summed E-state index contributed by atoms with van der Waals surface area (Å²) in [6.07, 6.45) is 3.80. The number of ether oxygens (including phenoxy) is 2. The molecule has 1 aliphatic heterocycles. The first-order valence-electron chi connectivity index (χ1n) is 9.45. The Bertz CT molecular complexity index is 965. The van der Waals surface area contributed by atoms with E-state index in [0.717, 1.165) is 25.9 Å². The Morgan fingerprint density at radius 3 is 2.77 bits per heavy atom. The van der Waals surface area contributed by atoms with Gasteiger partial charge in [0.15, 0.2) is 5.82 Å². The smallest absolute Gasteiger partial charge is 0.298 e. The highest BCUT2D eigenvalue weighted by Crippen LogP contribution is 2.18. The summed E-state index contributed by atoms with van der Waals surface area (Å²) in [5.41, 5.74) is 1.00. The topological polar surface area (TPSA) is 123 Å². The number of hydrogen-bond donors (Lipinski definition) is 1. The zero-order chi connectivity index (χ0) is 21.0. The third-order valence-electron chi connectivity index (χ3n) is 4.25. The summed E-state index contributed by atoms with van der Waals surface area (Å²) in [7, 11) is 0. The van der Waals surface area contributed by atoms with Crippen LogP contribution in [0.2, 0.25) is 0 Å². The monoisotopic (exact) mass is 407 g/mol. The molecule has 1 aliphatic rings. The number of nitrogens with zero attached hydrogens (tertiary/aromatic N) is 4. The third-order valence-corrected chi connectivity index (χ3v) is 4.25. The Hall–Kier alpha value is -3.61. The Morgan fingerprint density at radius 2 is 2.03 bits per heavy atom. The van der Waals surface area contributed by atoms with Crippen molar-refractivity contribution in [1.29, 1.82) is 5.26 Å². The van der Waals surface area contributed by atoms with Crippen molar-refractivity contribution in [2.24, 2.45) is 0 Å². The standard InChI is InChI=1S/C14H15N5O2.C7H6O2/c15-8-11-7-10(1-6-17-11)14-18-13(19-21-14)9-20-12-2-4-16-5-3-12;8-6-9-7-4-2-1-3-5-7/h1,6-7,12,16H,2-5,9H2;1-6H. The molecule has 0 spiro atoms. The van der Waals surface area contributed by atoms with E-state index in [1.54, 1.807) is 42.6 Å². The van der Waals surface area contributed by atoms with Gasteiger partial charge in [0.2, 0.25) is 0 Å². The van der Waals surface area contributed by atoms with Crippen LogP contribution in [0.4, 0.5) is 0 Å². The molecule has 0 radical (unpaired) electrons. The van der Waals surface area contributed by atoms with E-state index in [1.165, 1.54) is 0 Å². The largest absolute Gasteiger partial charge is 0.429 e. The van der Waals surface area contributed by atoms with E-state index >= 15 is 0 Å². The first-order chi connectivity index (χ1) is 14.8. The normalized spacial score (nSPS) is 13.6. The number of para-hydroxylation sites is 1. The van der Waals surface area contributed by atoms with Crippen molar-refractivity contribution >= 4 is 6.47 Å². The quantitative estimate of drug-likeness (QED) is 0.614. The molecule has 1 saturated heterocycles. The predicted octanol–water partition coefficient (Wildman–Crippen LogP) is 2.49. The molecule has 1 fully saturated rings. The molecule has 3 heterocycles. The molecule has 30 heavy (non-hydrogen) atoms. The fraction of sp³-hybridized carbons (Fsp3) is 0.286. The van der Waals surface area contributed by atoms with Gasteiger partial charge in [0.05, 0.1) is 6.10 Å². The van der Waals surface area contributed by atoms with Gasteiger partial charge in [-0.15, -0.1) is 0 Å². The molecule has 154 valence electrons. The number of nitriles is 1. The van der Waals surface area contributed by atoms with Gasteiger partial charge in [-0.25, -0.2) is 4.98 Å². The van der Waals surface area contributed by atoms with Gasteiger partial charge < -0.3 is 19.3 Å². The number of carbonyl (C=O) groups excluding carboxylic acids is 1. The van der Waals surface area contributed by atoms with Crippen molar-refractivity contribution < 1.29 is 18.8 Å². The van der Waals surface area contributed by atoms with E-state index < -0.39 is 0 Å². The lowest BCUT2D eigenvalue weighted by Gasteiger charge is -2.22. The maximum atomic E-state index is 9.75. The molecule has 0 amide bonds. The third kappa shape index (κ3) is 6.48. The van der Waals surface area contributed by atoms with Crippen LogP contribution in [-0.2, 0) is 16.1 Å². The molecule has 3 aromatic rings. The van der Waals surface area contributed by atoms with E-state index in [9.17, 15) is 4.79 Å². The summed E-state index contributed by atoms with van der Waals surface area (Å²) in [5.74, 6) is 1.46. The van der Waals surface area contributed by atoms with E-state index in [1.807, 2.05) is 12.1 Å². The van der Waals surface area contributed by atoms with Crippen molar-refractivity contribution in [1.82, 2.24) is 20.4 Å². The number of nitrogens with one attached hydrogen (secondary N) is 1. The van der Waals surface area contributed by atoms with Crippen LogP contribution in [0.15, 0.2) is 53.2 Å². The number of aromatic nitrogens is 3. The molecule has 0 saturated carbocycles. The molecule has 9 heteroatoms. The lowest BCUT2D eigenvalue weighted by atomic mass is 10.1. The van der Waals surface area contributed by atoms with E-state index in [-0.39, 0.29) is 6.10 Å². The molecule has 2 aromatic heterocycles. The van der Waals surface area contributed by atoms with Crippen LogP contribution >= 0.6 is 0 Å². The van der Waals surface area contributed by atoms with Gasteiger partial charge in [0.1, 0.15) is 24.1 Å². The van der Waals surface area contributed by atoms with Crippen LogP contribution in [0.3, 0.4) is 0 Å². The molecule has 4 rings (SSSR count). The number of pyridine rings is 1. The molecular formula is C21H21N5O4. The number of piperidine rings is 1. The highest BCUT2D eigenvalue weighted by molar-refractivity contribution is 5.53. The molecular weight excluding hydrogens is 386 g/mol. The average molecular weight is 407 g/mol. The van der Waals surface area contributed by atoms with Gasteiger partial charge >= 0.3 is 0 Å². The fourth-order valence-electron chi connectivity index (χ4n) is 2.76. The lowest BCUT2D eigenvalue weighted by Crippen LogP contribution is -2.32. The zero-order valence-corrected chi connectivity index (χ0v) is 16.2. The van der Waals surface area contributed by atoms with Crippen molar-refractivity contribution in [3.63, 3.8) is 0 Å². The Labute approximate surface area is 173 Å². The first kappa shape index (κ1) is 21.1. The highest BCUT2D eigenvalue weighted by atomic mass is 16.5. The molecule has 9 nitrogen and oxygen atoms in total. The first-order valence-corrected chi connectivity index (χ1v) is 9.45. The van der Waals surface area contributed by atoms with Crippen LogP contribution < -0.4 is 10.1 Å². The van der Waals surface area contributed by atoms with E-state index in [4.69, 9.17) is 14.5 Å². The maximum Gasteiger partial charge on any atom is 0.298 e. The fourth-order valence-corrected chi connectivity index (χ4v) is 2.76. The Kier molecular flexibility index (Phi) is 8.02. The summed E-state index contributed by atoms with van der Waals surface area (Å²) in [4.78, 5) is 17.9. The van der Waals surface area contributed by atoms with Gasteiger partial charge in [-0.2, -0.15) is 10.2 Å². The van der Waals surface area contributed by atoms with Crippen molar-refractivity contribution in [2.45, 2.75) is 25.6 Å². The van der Waals surface area contributed by atoms with Crippen LogP contribution in [0.25, 0.3) is 11.5 Å². The minimum atomic E-state index is 0.249. The summed E-state index contributed by atoms with van der Waals surface area (Å²) in [6, 6.07) is 14.2. The molecule has 1 N–H and O–H groups in total. The Balaban J connectivity index is 0.000000239. The maximum absolute atomic E-state index is 9.75. The van der Waals surface area contributed by atoms with Gasteiger partial charge in [-0.05, 0) is 50.2 Å². The zero-order valence-electron chi connectivity index (χ0n) is 16.2. The van der Waals surface area contributed by atoms with Gasteiger partial charge in [-0.1, -0.05) is 23.4 Å². The number of benzene rings is 1. The lowest BCUT2D eigenvalue weighted by molar-refractivity contribution is -0.120. The second-order valence-corrected chi connectivity index (χ2v) is 6.34. The predicted molar refractivity (Wildman–Crippen MR) is 106 cm³/mol. The molecule has 0 atom stereocenters. The molecule has 1 aromatic carbocycles. The summed E-state index contributed by atoms with van der Waals surface area (Å²) >= 11 is 0. The van der Waals surface area contributed by atoms with E-state index in [0.29, 0.717) is 41.8 Å². The van der Waals surface area contributed by atoms with Gasteiger partial charge in [0, 0.05) is 11.8 Å². The van der Waals surface area contributed by atoms with Crippen LogP contribution in [-0.4, -0.2) is 40.8 Å². The number of carbonyl (C=O) groups is 1. The minimum Gasteiger partial charge on any atom is -0.429 e. The van der Waals surface area contributed by atoms with Gasteiger partial charge in [0.25, 0.3) is 12.4 Å². The van der Waals surface area contributed by atoms with E-state index in [2.05, 4.69) is 25.2 Å². The average Bonchev–Trinajstić information content (AvgIpc) is 3.29. The molecule has 0 aliphatic carbocycles. The van der Waals surface area contributed by atoms with Crippen LogP contribution in [0.1, 0.15) is 24.4 Å². The second-order valence-electron chi connectivity index (χ2n) is 6.34.